The Hall–Kier alpha value is -0.0400. The SMILES string of the molecule is CCC1(CNC2CCCCC2C)CCC1. The second-order valence-electron chi connectivity index (χ2n) is 5.96. The van der Waals surface area contributed by atoms with E-state index in [0.29, 0.717) is 5.41 Å². The van der Waals surface area contributed by atoms with E-state index in [-0.39, 0.29) is 0 Å². The second-order valence-corrected chi connectivity index (χ2v) is 5.96. The zero-order valence-electron chi connectivity index (χ0n) is 10.5. The van der Waals surface area contributed by atoms with Crippen molar-refractivity contribution in [2.45, 2.75) is 71.3 Å². The summed E-state index contributed by atoms with van der Waals surface area (Å²) in [7, 11) is 0. The average molecular weight is 209 g/mol. The molecule has 0 aromatic carbocycles. The third-order valence-electron chi connectivity index (χ3n) is 5.01. The summed E-state index contributed by atoms with van der Waals surface area (Å²) in [6.45, 7) is 6.08. The van der Waals surface area contributed by atoms with Crippen LogP contribution in [0.2, 0.25) is 0 Å². The lowest BCUT2D eigenvalue weighted by Gasteiger charge is -2.43. The second kappa shape index (κ2) is 4.86. The minimum atomic E-state index is 0.692. The molecule has 0 amide bonds. The molecular formula is C14H27N. The van der Waals surface area contributed by atoms with Crippen LogP contribution in [-0.2, 0) is 0 Å². The van der Waals surface area contributed by atoms with E-state index in [4.69, 9.17) is 0 Å². The van der Waals surface area contributed by atoms with Gasteiger partial charge < -0.3 is 5.32 Å². The lowest BCUT2D eigenvalue weighted by Crippen LogP contribution is -2.46. The Morgan fingerprint density at radius 3 is 2.40 bits per heavy atom. The van der Waals surface area contributed by atoms with Gasteiger partial charge in [0.25, 0.3) is 0 Å². The zero-order chi connectivity index (χ0) is 10.7. The van der Waals surface area contributed by atoms with Gasteiger partial charge in [0, 0.05) is 12.6 Å². The molecule has 2 rings (SSSR count). The van der Waals surface area contributed by atoms with E-state index in [1.807, 2.05) is 0 Å². The van der Waals surface area contributed by atoms with Gasteiger partial charge in [-0.05, 0) is 43.4 Å². The molecule has 0 radical (unpaired) electrons. The molecule has 2 unspecified atom stereocenters. The summed E-state index contributed by atoms with van der Waals surface area (Å²) in [5.74, 6) is 0.910. The van der Waals surface area contributed by atoms with Gasteiger partial charge in [0.1, 0.15) is 0 Å². The Morgan fingerprint density at radius 1 is 1.13 bits per heavy atom. The highest BCUT2D eigenvalue weighted by atomic mass is 14.9. The molecule has 1 heteroatoms. The quantitative estimate of drug-likeness (QED) is 0.744. The first-order valence-corrected chi connectivity index (χ1v) is 6.99. The molecule has 0 spiro atoms. The van der Waals surface area contributed by atoms with Crippen LogP contribution in [0, 0.1) is 11.3 Å². The Morgan fingerprint density at radius 2 is 1.87 bits per heavy atom. The summed E-state index contributed by atoms with van der Waals surface area (Å²) in [5.41, 5.74) is 0.692. The molecule has 2 atom stereocenters. The molecule has 2 saturated carbocycles. The number of nitrogens with one attached hydrogen (secondary N) is 1. The maximum absolute atomic E-state index is 3.87. The molecule has 0 saturated heterocycles. The third kappa shape index (κ3) is 2.55. The van der Waals surface area contributed by atoms with Crippen LogP contribution < -0.4 is 5.32 Å². The summed E-state index contributed by atoms with van der Waals surface area (Å²) in [6.07, 6.45) is 11.5. The van der Waals surface area contributed by atoms with E-state index < -0.39 is 0 Å². The van der Waals surface area contributed by atoms with Crippen LogP contribution in [0.5, 0.6) is 0 Å². The van der Waals surface area contributed by atoms with Crippen molar-refractivity contribution >= 4 is 0 Å². The lowest BCUT2D eigenvalue weighted by molar-refractivity contribution is 0.109. The van der Waals surface area contributed by atoms with Gasteiger partial charge in [0.2, 0.25) is 0 Å². The summed E-state index contributed by atoms with van der Waals surface area (Å²) in [6, 6.07) is 0.822. The number of rotatable bonds is 4. The fourth-order valence-corrected chi connectivity index (χ4v) is 3.30. The topological polar surface area (TPSA) is 12.0 Å². The van der Waals surface area contributed by atoms with Gasteiger partial charge in [-0.3, -0.25) is 0 Å². The summed E-state index contributed by atoms with van der Waals surface area (Å²) in [5, 5.41) is 3.87. The van der Waals surface area contributed by atoms with Gasteiger partial charge in [-0.2, -0.15) is 0 Å². The van der Waals surface area contributed by atoms with Gasteiger partial charge in [-0.15, -0.1) is 0 Å². The van der Waals surface area contributed by atoms with Crippen molar-refractivity contribution in [1.82, 2.24) is 5.32 Å². The zero-order valence-corrected chi connectivity index (χ0v) is 10.5. The van der Waals surface area contributed by atoms with Crippen LogP contribution in [0.25, 0.3) is 0 Å². The third-order valence-corrected chi connectivity index (χ3v) is 5.01. The van der Waals surface area contributed by atoms with E-state index in [9.17, 15) is 0 Å². The van der Waals surface area contributed by atoms with Crippen molar-refractivity contribution in [3.05, 3.63) is 0 Å². The molecule has 2 fully saturated rings. The summed E-state index contributed by atoms with van der Waals surface area (Å²) < 4.78 is 0. The van der Waals surface area contributed by atoms with E-state index >= 15 is 0 Å². The Labute approximate surface area is 95.0 Å². The monoisotopic (exact) mass is 209 g/mol. The van der Waals surface area contributed by atoms with Crippen molar-refractivity contribution < 1.29 is 0 Å². The normalized spacial score (nSPS) is 34.8. The van der Waals surface area contributed by atoms with Crippen LogP contribution in [0.3, 0.4) is 0 Å². The van der Waals surface area contributed by atoms with E-state index in [1.165, 1.54) is 57.9 Å². The fraction of sp³-hybridized carbons (Fsp3) is 1.00. The first-order valence-electron chi connectivity index (χ1n) is 6.99. The van der Waals surface area contributed by atoms with Crippen LogP contribution in [0.4, 0.5) is 0 Å². The molecule has 0 bridgehead atoms. The molecule has 2 aliphatic rings. The largest absolute Gasteiger partial charge is 0.313 e. The van der Waals surface area contributed by atoms with Crippen molar-refractivity contribution in [3.63, 3.8) is 0 Å². The first-order chi connectivity index (χ1) is 7.26. The molecule has 0 aliphatic heterocycles. The number of hydrogen-bond acceptors (Lipinski definition) is 1. The molecule has 0 aromatic heterocycles. The van der Waals surface area contributed by atoms with Crippen molar-refractivity contribution in [3.8, 4) is 0 Å². The van der Waals surface area contributed by atoms with Gasteiger partial charge in [0.15, 0.2) is 0 Å². The van der Waals surface area contributed by atoms with Crippen molar-refractivity contribution in [2.75, 3.05) is 6.54 Å². The Kier molecular flexibility index (Phi) is 3.71. The predicted octanol–water partition coefficient (Wildman–Crippen LogP) is 3.74. The summed E-state index contributed by atoms with van der Waals surface area (Å²) in [4.78, 5) is 0. The smallest absolute Gasteiger partial charge is 0.00929 e. The molecule has 1 nitrogen and oxygen atoms in total. The minimum absolute atomic E-state index is 0.692. The Balaban J connectivity index is 1.76. The van der Waals surface area contributed by atoms with E-state index in [2.05, 4.69) is 19.2 Å². The van der Waals surface area contributed by atoms with Crippen LogP contribution >= 0.6 is 0 Å². The molecule has 0 aromatic rings. The highest BCUT2D eigenvalue weighted by molar-refractivity contribution is 4.90. The molecule has 1 N–H and O–H groups in total. The van der Waals surface area contributed by atoms with Crippen molar-refractivity contribution in [2.24, 2.45) is 11.3 Å². The van der Waals surface area contributed by atoms with E-state index in [1.54, 1.807) is 0 Å². The highest BCUT2D eigenvalue weighted by Gasteiger charge is 2.35. The average Bonchev–Trinajstić information content (AvgIpc) is 2.19. The molecule has 2 aliphatic carbocycles. The molecule has 15 heavy (non-hydrogen) atoms. The maximum atomic E-state index is 3.87. The fourth-order valence-electron chi connectivity index (χ4n) is 3.30. The minimum Gasteiger partial charge on any atom is -0.313 e. The van der Waals surface area contributed by atoms with Gasteiger partial charge in [-0.25, -0.2) is 0 Å². The van der Waals surface area contributed by atoms with Crippen LogP contribution in [0.15, 0.2) is 0 Å². The standard InChI is InChI=1S/C14H27N/c1-3-14(9-6-10-14)11-15-13-8-5-4-7-12(13)2/h12-13,15H,3-11H2,1-2H3. The first kappa shape index (κ1) is 11.4. The van der Waals surface area contributed by atoms with Gasteiger partial charge in [0.05, 0.1) is 0 Å². The lowest BCUT2D eigenvalue weighted by atomic mass is 9.67. The van der Waals surface area contributed by atoms with Crippen LogP contribution in [-0.4, -0.2) is 12.6 Å². The molecular weight excluding hydrogens is 182 g/mol. The van der Waals surface area contributed by atoms with Crippen molar-refractivity contribution in [1.29, 1.82) is 0 Å². The van der Waals surface area contributed by atoms with E-state index in [0.717, 1.165) is 12.0 Å². The predicted molar refractivity (Wildman–Crippen MR) is 66.0 cm³/mol. The van der Waals surface area contributed by atoms with Gasteiger partial charge in [-0.1, -0.05) is 33.1 Å². The van der Waals surface area contributed by atoms with Gasteiger partial charge >= 0.3 is 0 Å². The highest BCUT2D eigenvalue weighted by Crippen LogP contribution is 2.43. The maximum Gasteiger partial charge on any atom is 0.00929 e. The van der Waals surface area contributed by atoms with Crippen LogP contribution in [0.1, 0.15) is 65.2 Å². The Bertz CT molecular complexity index is 190. The molecule has 88 valence electrons. The number of hydrogen-bond donors (Lipinski definition) is 1. The molecule has 0 heterocycles. The summed E-state index contributed by atoms with van der Waals surface area (Å²) >= 11 is 0.